The summed E-state index contributed by atoms with van der Waals surface area (Å²) in [5.74, 6) is 2.14. The molecular formula is C22H15Cl3N2O4. The van der Waals surface area contributed by atoms with Crippen LogP contribution in [0.5, 0.6) is 11.5 Å². The zero-order chi connectivity index (χ0) is 22.1. The number of H-pyrrole nitrogens is 1. The fourth-order valence-corrected chi connectivity index (χ4v) is 3.50. The summed E-state index contributed by atoms with van der Waals surface area (Å²) in [5, 5.41) is 1.44. The summed E-state index contributed by atoms with van der Waals surface area (Å²) in [6.45, 7) is 0. The predicted octanol–water partition coefficient (Wildman–Crippen LogP) is 6.24. The van der Waals surface area contributed by atoms with Crippen LogP contribution in [0.1, 0.15) is 11.6 Å². The summed E-state index contributed by atoms with van der Waals surface area (Å²) >= 11 is 18.5. The Labute approximate surface area is 192 Å². The Kier molecular flexibility index (Phi) is 5.96. The van der Waals surface area contributed by atoms with Gasteiger partial charge in [-0.1, -0.05) is 34.8 Å². The number of furan rings is 1. The van der Waals surface area contributed by atoms with E-state index in [1.54, 1.807) is 48.5 Å². The van der Waals surface area contributed by atoms with E-state index in [0.717, 1.165) is 5.56 Å². The maximum Gasteiger partial charge on any atom is 0.259 e. The van der Waals surface area contributed by atoms with E-state index in [1.165, 1.54) is 14.2 Å². The number of methoxy groups -OCH3 is 2. The minimum Gasteiger partial charge on any atom is -0.493 e. The van der Waals surface area contributed by atoms with E-state index in [-0.39, 0.29) is 16.4 Å². The number of hydrogen-bond acceptors (Lipinski definition) is 5. The second kappa shape index (κ2) is 8.67. The van der Waals surface area contributed by atoms with Crippen LogP contribution in [0.4, 0.5) is 0 Å². The van der Waals surface area contributed by atoms with Crippen molar-refractivity contribution < 1.29 is 13.9 Å². The van der Waals surface area contributed by atoms with E-state index >= 15 is 0 Å². The molecule has 0 spiro atoms. The molecule has 1 N–H and O–H groups in total. The zero-order valence-corrected chi connectivity index (χ0v) is 18.6. The summed E-state index contributed by atoms with van der Waals surface area (Å²) in [6, 6.07) is 11.9. The number of rotatable bonds is 5. The molecule has 0 aliphatic carbocycles. The SMILES string of the molecule is COc1cc2nc(/C(Cl)=C/c3ccc(-c4ccc(Cl)c(Cl)c4)o3)[nH]c(=O)c2cc1OC. The van der Waals surface area contributed by atoms with Crippen LogP contribution in [-0.4, -0.2) is 24.2 Å². The Morgan fingerprint density at radius 2 is 1.77 bits per heavy atom. The summed E-state index contributed by atoms with van der Waals surface area (Å²) in [4.78, 5) is 19.7. The Balaban J connectivity index is 1.70. The number of nitrogens with zero attached hydrogens (tertiary/aromatic N) is 1. The summed E-state index contributed by atoms with van der Waals surface area (Å²) in [6.07, 6.45) is 1.56. The van der Waals surface area contributed by atoms with Crippen molar-refractivity contribution in [2.24, 2.45) is 0 Å². The predicted molar refractivity (Wildman–Crippen MR) is 123 cm³/mol. The first-order valence-electron chi connectivity index (χ1n) is 8.98. The van der Waals surface area contributed by atoms with Crippen molar-refractivity contribution >= 4 is 56.8 Å². The number of hydrogen-bond donors (Lipinski definition) is 1. The highest BCUT2D eigenvalue weighted by molar-refractivity contribution is 6.50. The lowest BCUT2D eigenvalue weighted by Crippen LogP contribution is -2.11. The number of fused-ring (bicyclic) bond motifs is 1. The lowest BCUT2D eigenvalue weighted by molar-refractivity contribution is 0.355. The quantitative estimate of drug-likeness (QED) is 0.368. The minimum atomic E-state index is -0.358. The van der Waals surface area contributed by atoms with Gasteiger partial charge in [0.1, 0.15) is 11.5 Å². The van der Waals surface area contributed by atoms with Gasteiger partial charge in [-0.25, -0.2) is 4.98 Å². The molecule has 2 aromatic heterocycles. The first-order valence-corrected chi connectivity index (χ1v) is 10.1. The lowest BCUT2D eigenvalue weighted by atomic mass is 10.2. The second-order valence-corrected chi connectivity index (χ2v) is 7.68. The molecule has 2 aromatic carbocycles. The van der Waals surface area contributed by atoms with Gasteiger partial charge < -0.3 is 18.9 Å². The average Bonchev–Trinajstić information content (AvgIpc) is 3.23. The molecule has 31 heavy (non-hydrogen) atoms. The molecule has 9 heteroatoms. The summed E-state index contributed by atoms with van der Waals surface area (Å²) in [5.41, 5.74) is 0.825. The molecule has 4 rings (SSSR count). The Morgan fingerprint density at radius 1 is 1.03 bits per heavy atom. The molecule has 2 heterocycles. The van der Waals surface area contributed by atoms with Crippen LogP contribution in [0.15, 0.2) is 51.7 Å². The molecule has 0 fully saturated rings. The molecule has 0 aliphatic rings. The van der Waals surface area contributed by atoms with Crippen molar-refractivity contribution in [3.05, 3.63) is 74.4 Å². The van der Waals surface area contributed by atoms with Gasteiger partial charge in [0.15, 0.2) is 17.3 Å². The van der Waals surface area contributed by atoms with Crippen molar-refractivity contribution in [1.82, 2.24) is 9.97 Å². The molecule has 158 valence electrons. The molecule has 0 unspecified atom stereocenters. The third-order valence-electron chi connectivity index (χ3n) is 4.54. The number of aromatic nitrogens is 2. The maximum absolute atomic E-state index is 12.5. The van der Waals surface area contributed by atoms with Gasteiger partial charge in [-0.3, -0.25) is 4.79 Å². The Hall–Kier alpha value is -2.93. The lowest BCUT2D eigenvalue weighted by Gasteiger charge is -2.09. The number of aromatic amines is 1. The van der Waals surface area contributed by atoms with Crippen LogP contribution in [0.2, 0.25) is 10.0 Å². The van der Waals surface area contributed by atoms with Gasteiger partial charge >= 0.3 is 0 Å². The van der Waals surface area contributed by atoms with Gasteiger partial charge in [0, 0.05) is 17.7 Å². The fraction of sp³-hybridized carbons (Fsp3) is 0.0909. The van der Waals surface area contributed by atoms with E-state index in [4.69, 9.17) is 48.7 Å². The zero-order valence-electron chi connectivity index (χ0n) is 16.3. The van der Waals surface area contributed by atoms with E-state index in [1.807, 2.05) is 0 Å². The first kappa shape index (κ1) is 21.3. The molecule has 6 nitrogen and oxygen atoms in total. The van der Waals surface area contributed by atoms with Gasteiger partial charge in [0.2, 0.25) is 0 Å². The fourth-order valence-electron chi connectivity index (χ4n) is 3.01. The van der Waals surface area contributed by atoms with Crippen LogP contribution in [-0.2, 0) is 0 Å². The van der Waals surface area contributed by atoms with Gasteiger partial charge in [-0.05, 0) is 36.4 Å². The molecule has 0 radical (unpaired) electrons. The Morgan fingerprint density at radius 3 is 2.48 bits per heavy atom. The number of ether oxygens (including phenoxy) is 2. The molecule has 0 saturated carbocycles. The van der Waals surface area contributed by atoms with Gasteiger partial charge in [0.25, 0.3) is 5.56 Å². The van der Waals surface area contributed by atoms with Crippen molar-refractivity contribution in [3.63, 3.8) is 0 Å². The van der Waals surface area contributed by atoms with E-state index < -0.39 is 0 Å². The summed E-state index contributed by atoms with van der Waals surface area (Å²) < 4.78 is 16.3. The average molecular weight is 478 g/mol. The smallest absolute Gasteiger partial charge is 0.259 e. The van der Waals surface area contributed by atoms with Crippen LogP contribution in [0, 0.1) is 0 Å². The minimum absolute atomic E-state index is 0.193. The molecule has 0 aliphatic heterocycles. The third-order valence-corrected chi connectivity index (χ3v) is 5.56. The highest BCUT2D eigenvalue weighted by Gasteiger charge is 2.13. The summed E-state index contributed by atoms with van der Waals surface area (Å²) in [7, 11) is 3.00. The number of halogens is 3. The first-order chi connectivity index (χ1) is 14.9. The van der Waals surface area contributed by atoms with Crippen LogP contribution < -0.4 is 15.0 Å². The normalized spacial score (nSPS) is 11.7. The van der Waals surface area contributed by atoms with E-state index in [2.05, 4.69) is 9.97 Å². The van der Waals surface area contributed by atoms with Gasteiger partial charge in [0.05, 0.1) is 40.2 Å². The second-order valence-electron chi connectivity index (χ2n) is 6.46. The maximum atomic E-state index is 12.5. The van der Waals surface area contributed by atoms with Crippen molar-refractivity contribution in [3.8, 4) is 22.8 Å². The van der Waals surface area contributed by atoms with Crippen molar-refractivity contribution in [1.29, 1.82) is 0 Å². The van der Waals surface area contributed by atoms with E-state index in [0.29, 0.717) is 44.0 Å². The van der Waals surface area contributed by atoms with E-state index in [9.17, 15) is 4.79 Å². The molecule has 0 saturated heterocycles. The molecule has 0 bridgehead atoms. The van der Waals surface area contributed by atoms with Crippen LogP contribution in [0.3, 0.4) is 0 Å². The van der Waals surface area contributed by atoms with Gasteiger partial charge in [-0.2, -0.15) is 0 Å². The van der Waals surface area contributed by atoms with Crippen LogP contribution in [0.25, 0.3) is 33.3 Å². The monoisotopic (exact) mass is 476 g/mol. The van der Waals surface area contributed by atoms with Crippen LogP contribution >= 0.6 is 34.8 Å². The third kappa shape index (κ3) is 4.28. The highest BCUT2D eigenvalue weighted by Crippen LogP contribution is 2.32. The highest BCUT2D eigenvalue weighted by atomic mass is 35.5. The largest absolute Gasteiger partial charge is 0.493 e. The molecule has 0 atom stereocenters. The van der Waals surface area contributed by atoms with Gasteiger partial charge in [-0.15, -0.1) is 0 Å². The number of nitrogens with one attached hydrogen (secondary N) is 1. The topological polar surface area (TPSA) is 77.4 Å². The standard InChI is InChI=1S/C22H15Cl3N2O4/c1-29-19-9-13-17(10-20(19)30-2)26-21(27-22(13)28)16(25)8-12-4-6-18(31-12)11-3-5-14(23)15(24)7-11/h3-10H,1-2H3,(H,26,27,28)/b16-8-. The Bertz CT molecular complexity index is 1380. The molecular weight excluding hydrogens is 463 g/mol. The number of benzene rings is 2. The van der Waals surface area contributed by atoms with Crippen molar-refractivity contribution in [2.75, 3.05) is 14.2 Å². The molecule has 4 aromatic rings. The molecule has 0 amide bonds. The van der Waals surface area contributed by atoms with Crippen molar-refractivity contribution in [2.45, 2.75) is 0 Å².